The molecule has 1 aliphatic carbocycles. The lowest BCUT2D eigenvalue weighted by Crippen LogP contribution is -2.50. The van der Waals surface area contributed by atoms with Crippen LogP contribution in [0.2, 0.25) is 0 Å². The molecule has 2 heterocycles. The zero-order valence-electron chi connectivity index (χ0n) is 18.6. The highest BCUT2D eigenvalue weighted by molar-refractivity contribution is 14.0. The number of nitrogens with one attached hydrogen (secondary N) is 2. The molecule has 1 aliphatic heterocycles. The first-order valence-corrected chi connectivity index (χ1v) is 11.0. The minimum atomic E-state index is 0. The first-order valence-electron chi connectivity index (χ1n) is 11.0. The molecule has 0 spiro atoms. The van der Waals surface area contributed by atoms with Crippen LogP contribution < -0.4 is 15.4 Å². The van der Waals surface area contributed by atoms with Gasteiger partial charge in [-0.15, -0.1) is 24.0 Å². The highest BCUT2D eigenvalue weighted by Gasteiger charge is 2.21. The van der Waals surface area contributed by atoms with E-state index in [9.17, 15) is 0 Å². The van der Waals surface area contributed by atoms with Gasteiger partial charge in [-0.2, -0.15) is 0 Å². The van der Waals surface area contributed by atoms with Gasteiger partial charge in [0.05, 0.1) is 12.7 Å². The van der Waals surface area contributed by atoms with Crippen LogP contribution in [-0.2, 0) is 11.3 Å². The van der Waals surface area contributed by atoms with Gasteiger partial charge in [0.2, 0.25) is 5.88 Å². The SMILES string of the molecule is CN=C(NCc1cccnc1OC1CCCC1)NCC1CN(CC(C)C)CCO1.I. The lowest BCUT2D eigenvalue weighted by atomic mass is 10.2. The quantitative estimate of drug-likeness (QED) is 0.306. The van der Waals surface area contributed by atoms with E-state index in [0.29, 0.717) is 18.6 Å². The van der Waals surface area contributed by atoms with Crippen LogP contribution >= 0.6 is 24.0 Å². The van der Waals surface area contributed by atoms with Gasteiger partial charge in [0.1, 0.15) is 6.10 Å². The van der Waals surface area contributed by atoms with E-state index in [0.717, 1.165) is 63.0 Å². The van der Waals surface area contributed by atoms with Gasteiger partial charge in [-0.1, -0.05) is 19.9 Å². The zero-order valence-corrected chi connectivity index (χ0v) is 20.9. The van der Waals surface area contributed by atoms with Crippen LogP contribution in [0.1, 0.15) is 45.1 Å². The minimum Gasteiger partial charge on any atom is -0.474 e. The normalized spacial score (nSPS) is 20.8. The number of hydrogen-bond donors (Lipinski definition) is 2. The summed E-state index contributed by atoms with van der Waals surface area (Å²) in [5, 5.41) is 6.79. The minimum absolute atomic E-state index is 0. The van der Waals surface area contributed by atoms with Crippen molar-refractivity contribution in [1.29, 1.82) is 0 Å². The fourth-order valence-corrected chi connectivity index (χ4v) is 4.03. The second-order valence-electron chi connectivity index (χ2n) is 8.44. The summed E-state index contributed by atoms with van der Waals surface area (Å²) in [6, 6.07) is 4.01. The largest absolute Gasteiger partial charge is 0.474 e. The van der Waals surface area contributed by atoms with Crippen molar-refractivity contribution in [2.45, 2.75) is 58.3 Å². The first kappa shape index (κ1) is 25.1. The molecule has 3 rings (SSSR count). The van der Waals surface area contributed by atoms with Crippen LogP contribution in [0, 0.1) is 5.92 Å². The Labute approximate surface area is 198 Å². The molecule has 0 bridgehead atoms. The molecule has 2 N–H and O–H groups in total. The van der Waals surface area contributed by atoms with E-state index >= 15 is 0 Å². The summed E-state index contributed by atoms with van der Waals surface area (Å²) in [6.07, 6.45) is 7.03. The van der Waals surface area contributed by atoms with Crippen LogP contribution in [0.25, 0.3) is 0 Å². The Hall–Kier alpha value is -1.13. The van der Waals surface area contributed by atoms with E-state index < -0.39 is 0 Å². The van der Waals surface area contributed by atoms with Crippen LogP contribution in [0.3, 0.4) is 0 Å². The summed E-state index contributed by atoms with van der Waals surface area (Å²) in [4.78, 5) is 11.3. The molecule has 0 radical (unpaired) electrons. The van der Waals surface area contributed by atoms with Gasteiger partial charge in [-0.25, -0.2) is 4.98 Å². The molecule has 1 unspecified atom stereocenters. The van der Waals surface area contributed by atoms with Crippen molar-refractivity contribution in [1.82, 2.24) is 20.5 Å². The summed E-state index contributed by atoms with van der Waals surface area (Å²) < 4.78 is 12.1. The molecule has 8 heteroatoms. The van der Waals surface area contributed by atoms with Gasteiger partial charge in [-0.05, 0) is 37.7 Å². The van der Waals surface area contributed by atoms with Crippen LogP contribution in [-0.4, -0.2) is 67.9 Å². The third kappa shape index (κ3) is 8.19. The molecule has 2 aliphatic rings. The van der Waals surface area contributed by atoms with Crippen molar-refractivity contribution in [3.8, 4) is 5.88 Å². The predicted molar refractivity (Wildman–Crippen MR) is 132 cm³/mol. The van der Waals surface area contributed by atoms with Crippen molar-refractivity contribution in [2.24, 2.45) is 10.9 Å². The first-order chi connectivity index (χ1) is 14.1. The number of guanidine groups is 1. The summed E-state index contributed by atoms with van der Waals surface area (Å²) in [7, 11) is 1.79. The number of ether oxygens (including phenoxy) is 2. The van der Waals surface area contributed by atoms with Gasteiger partial charge in [-0.3, -0.25) is 9.89 Å². The molecular weight excluding hydrogens is 493 g/mol. The lowest BCUT2D eigenvalue weighted by molar-refractivity contribution is -0.0284. The molecule has 7 nitrogen and oxygen atoms in total. The van der Waals surface area contributed by atoms with Gasteiger partial charge in [0, 0.05) is 51.5 Å². The van der Waals surface area contributed by atoms with Crippen LogP contribution in [0.4, 0.5) is 0 Å². The fraction of sp³-hybridized carbons (Fsp3) is 0.727. The molecule has 170 valence electrons. The fourth-order valence-electron chi connectivity index (χ4n) is 4.03. The highest BCUT2D eigenvalue weighted by atomic mass is 127. The van der Waals surface area contributed by atoms with Gasteiger partial charge in [0.25, 0.3) is 0 Å². The Balaban J connectivity index is 0.00000320. The molecule has 2 fully saturated rings. The van der Waals surface area contributed by atoms with Crippen molar-refractivity contribution >= 4 is 29.9 Å². The van der Waals surface area contributed by atoms with E-state index in [1.54, 1.807) is 13.2 Å². The number of morpholine rings is 1. The monoisotopic (exact) mass is 531 g/mol. The standard InChI is InChI=1S/C22H37N5O2.HI/c1-17(2)15-27-11-12-28-20(16-27)14-26-22(23-3)25-13-18-7-6-10-24-21(18)29-19-8-4-5-9-19;/h6-7,10,17,19-20H,4-5,8-9,11-16H2,1-3H3,(H2,23,25,26);1H. The molecule has 0 amide bonds. The zero-order chi connectivity index (χ0) is 20.5. The van der Waals surface area contributed by atoms with E-state index in [4.69, 9.17) is 9.47 Å². The van der Waals surface area contributed by atoms with Crippen molar-refractivity contribution < 1.29 is 9.47 Å². The van der Waals surface area contributed by atoms with Gasteiger partial charge < -0.3 is 20.1 Å². The number of pyridine rings is 1. The molecule has 1 aromatic rings. The number of aliphatic imine (C=N–C) groups is 1. The molecule has 1 atom stereocenters. The number of nitrogens with zero attached hydrogens (tertiary/aromatic N) is 3. The molecular formula is C22H38IN5O2. The Morgan fingerprint density at radius 1 is 1.33 bits per heavy atom. The average molecular weight is 531 g/mol. The summed E-state index contributed by atoms with van der Waals surface area (Å²) in [5.74, 6) is 2.18. The van der Waals surface area contributed by atoms with E-state index in [1.807, 2.05) is 6.07 Å². The van der Waals surface area contributed by atoms with E-state index in [2.05, 4.69) is 45.4 Å². The topological polar surface area (TPSA) is 71.0 Å². The second-order valence-corrected chi connectivity index (χ2v) is 8.44. The predicted octanol–water partition coefficient (Wildman–Crippen LogP) is 3.04. The molecule has 30 heavy (non-hydrogen) atoms. The third-order valence-electron chi connectivity index (χ3n) is 5.44. The molecule has 1 aromatic heterocycles. The smallest absolute Gasteiger partial charge is 0.218 e. The van der Waals surface area contributed by atoms with Crippen LogP contribution in [0.5, 0.6) is 5.88 Å². The van der Waals surface area contributed by atoms with Crippen molar-refractivity contribution in [3.63, 3.8) is 0 Å². The van der Waals surface area contributed by atoms with E-state index in [1.165, 1.54) is 12.8 Å². The Kier molecular flexibility index (Phi) is 11.2. The van der Waals surface area contributed by atoms with Crippen LogP contribution in [0.15, 0.2) is 23.3 Å². The summed E-state index contributed by atoms with van der Waals surface area (Å²) in [5.41, 5.74) is 1.05. The maximum absolute atomic E-state index is 6.13. The highest BCUT2D eigenvalue weighted by Crippen LogP contribution is 2.24. The Bertz CT molecular complexity index is 652. The summed E-state index contributed by atoms with van der Waals surface area (Å²) >= 11 is 0. The number of rotatable bonds is 8. The maximum atomic E-state index is 6.13. The Morgan fingerprint density at radius 3 is 2.87 bits per heavy atom. The second kappa shape index (κ2) is 13.3. The van der Waals surface area contributed by atoms with E-state index in [-0.39, 0.29) is 30.1 Å². The van der Waals surface area contributed by atoms with Gasteiger partial charge >= 0.3 is 0 Å². The molecule has 1 saturated heterocycles. The van der Waals surface area contributed by atoms with Gasteiger partial charge in [0.15, 0.2) is 5.96 Å². The Morgan fingerprint density at radius 2 is 2.13 bits per heavy atom. The lowest BCUT2D eigenvalue weighted by Gasteiger charge is -2.34. The number of aromatic nitrogens is 1. The van der Waals surface area contributed by atoms with Crippen molar-refractivity contribution in [3.05, 3.63) is 23.9 Å². The number of halogens is 1. The maximum Gasteiger partial charge on any atom is 0.218 e. The summed E-state index contributed by atoms with van der Waals surface area (Å²) in [6.45, 7) is 9.79. The number of hydrogen-bond acceptors (Lipinski definition) is 5. The van der Waals surface area contributed by atoms with Crippen molar-refractivity contribution in [2.75, 3.05) is 39.8 Å². The molecule has 0 aromatic carbocycles. The molecule has 1 saturated carbocycles. The third-order valence-corrected chi connectivity index (χ3v) is 5.44. The average Bonchev–Trinajstić information content (AvgIpc) is 3.22.